The van der Waals surface area contributed by atoms with Crippen molar-refractivity contribution < 1.29 is 19.2 Å². The minimum absolute atomic E-state index is 0.109. The Labute approximate surface area is 111 Å². The molecule has 0 saturated heterocycles. The Kier molecular flexibility index (Phi) is 4.47. The Bertz CT molecular complexity index is 490. The molecule has 0 unspecified atom stereocenters. The molecule has 0 amide bonds. The molecule has 1 aromatic carbocycles. The third-order valence-electron chi connectivity index (χ3n) is 2.25. The van der Waals surface area contributed by atoms with Crippen LogP contribution in [0.15, 0.2) is 18.2 Å². The molecule has 0 aliphatic heterocycles. The summed E-state index contributed by atoms with van der Waals surface area (Å²) in [5.41, 5.74) is -0.280. The minimum atomic E-state index is -0.598. The van der Waals surface area contributed by atoms with Crippen LogP contribution in [0.5, 0.6) is 5.75 Å². The predicted octanol–water partition coefficient (Wildman–Crippen LogP) is 2.81. The van der Waals surface area contributed by atoms with Gasteiger partial charge < -0.3 is 9.47 Å². The second-order valence-corrected chi connectivity index (χ2v) is 5.28. The number of methoxy groups -OCH3 is 1. The molecule has 0 saturated carbocycles. The first-order valence-corrected chi connectivity index (χ1v) is 5.74. The summed E-state index contributed by atoms with van der Waals surface area (Å²) >= 11 is 0. The van der Waals surface area contributed by atoms with Crippen LogP contribution in [-0.2, 0) is 4.74 Å². The van der Waals surface area contributed by atoms with Gasteiger partial charge in [-0.2, -0.15) is 0 Å². The Morgan fingerprint density at radius 2 is 2.00 bits per heavy atom. The van der Waals surface area contributed by atoms with E-state index in [4.69, 9.17) is 9.47 Å². The second-order valence-electron chi connectivity index (χ2n) is 5.28. The minimum Gasteiger partial charge on any atom is -0.490 e. The number of ether oxygens (including phenoxy) is 2. The van der Waals surface area contributed by atoms with Crippen LogP contribution in [0.25, 0.3) is 0 Å². The van der Waals surface area contributed by atoms with E-state index >= 15 is 0 Å². The van der Waals surface area contributed by atoms with Crippen molar-refractivity contribution in [3.05, 3.63) is 33.9 Å². The normalized spacial score (nSPS) is 10.9. The van der Waals surface area contributed by atoms with Crippen molar-refractivity contribution in [2.45, 2.75) is 20.8 Å². The van der Waals surface area contributed by atoms with E-state index in [1.807, 2.05) is 20.8 Å². The lowest BCUT2D eigenvalue weighted by atomic mass is 9.99. The Morgan fingerprint density at radius 1 is 1.37 bits per heavy atom. The SMILES string of the molecule is COc1ccc(C(=O)OCC(C)(C)C)cc1[N+](=O)[O-]. The van der Waals surface area contributed by atoms with Crippen LogP contribution in [-0.4, -0.2) is 24.6 Å². The number of hydrogen-bond donors (Lipinski definition) is 0. The van der Waals surface area contributed by atoms with E-state index in [1.165, 1.54) is 19.2 Å². The fraction of sp³-hybridized carbons (Fsp3) is 0.462. The number of nitro benzene ring substituents is 1. The number of esters is 1. The summed E-state index contributed by atoms with van der Waals surface area (Å²) in [6.45, 7) is 6.02. The van der Waals surface area contributed by atoms with E-state index in [2.05, 4.69) is 0 Å². The molecule has 19 heavy (non-hydrogen) atoms. The number of benzene rings is 1. The zero-order valence-electron chi connectivity index (χ0n) is 11.4. The van der Waals surface area contributed by atoms with Gasteiger partial charge in [-0.3, -0.25) is 10.1 Å². The van der Waals surface area contributed by atoms with E-state index in [0.29, 0.717) is 0 Å². The highest BCUT2D eigenvalue weighted by atomic mass is 16.6. The summed E-state index contributed by atoms with van der Waals surface area (Å²) in [4.78, 5) is 22.0. The molecule has 6 heteroatoms. The number of carbonyl (C=O) groups excluding carboxylic acids is 1. The molecule has 0 fully saturated rings. The third-order valence-corrected chi connectivity index (χ3v) is 2.25. The van der Waals surface area contributed by atoms with Crippen LogP contribution in [0.4, 0.5) is 5.69 Å². The molecular formula is C13H17NO5. The monoisotopic (exact) mass is 267 g/mol. The smallest absolute Gasteiger partial charge is 0.338 e. The van der Waals surface area contributed by atoms with Crippen LogP contribution in [0.1, 0.15) is 31.1 Å². The largest absolute Gasteiger partial charge is 0.490 e. The van der Waals surface area contributed by atoms with Gasteiger partial charge in [0.1, 0.15) is 0 Å². The Hall–Kier alpha value is -2.11. The molecule has 1 rings (SSSR count). The number of nitro groups is 1. The molecule has 0 atom stereocenters. The summed E-state index contributed by atoms with van der Waals surface area (Å²) in [5.74, 6) is -0.474. The molecule has 0 radical (unpaired) electrons. The molecule has 0 spiro atoms. The molecule has 0 bridgehead atoms. The highest BCUT2D eigenvalue weighted by Gasteiger charge is 2.20. The molecular weight excluding hydrogens is 250 g/mol. The van der Waals surface area contributed by atoms with Gasteiger partial charge in [-0.05, 0) is 17.5 Å². The van der Waals surface area contributed by atoms with Gasteiger partial charge in [0.05, 0.1) is 24.2 Å². The fourth-order valence-corrected chi connectivity index (χ4v) is 1.33. The average molecular weight is 267 g/mol. The van der Waals surface area contributed by atoms with Gasteiger partial charge in [-0.25, -0.2) is 4.79 Å². The lowest BCUT2D eigenvalue weighted by molar-refractivity contribution is -0.385. The van der Waals surface area contributed by atoms with E-state index in [9.17, 15) is 14.9 Å². The molecule has 1 aromatic rings. The van der Waals surface area contributed by atoms with E-state index in [0.717, 1.165) is 6.07 Å². The zero-order valence-corrected chi connectivity index (χ0v) is 11.4. The van der Waals surface area contributed by atoms with Crippen LogP contribution in [0, 0.1) is 15.5 Å². The molecule has 0 aliphatic rings. The summed E-state index contributed by atoms with van der Waals surface area (Å²) in [7, 11) is 1.33. The van der Waals surface area contributed by atoms with Crippen molar-refractivity contribution in [2.24, 2.45) is 5.41 Å². The zero-order chi connectivity index (χ0) is 14.6. The average Bonchev–Trinajstić information content (AvgIpc) is 2.34. The van der Waals surface area contributed by atoms with Crippen molar-refractivity contribution >= 4 is 11.7 Å². The highest BCUT2D eigenvalue weighted by Crippen LogP contribution is 2.28. The molecule has 104 valence electrons. The van der Waals surface area contributed by atoms with Gasteiger partial charge in [0.25, 0.3) is 0 Å². The number of carbonyl (C=O) groups is 1. The van der Waals surface area contributed by atoms with Gasteiger partial charge in [-0.15, -0.1) is 0 Å². The van der Waals surface area contributed by atoms with Gasteiger partial charge in [0.2, 0.25) is 0 Å². The number of rotatable bonds is 4. The number of nitrogens with zero attached hydrogens (tertiary/aromatic N) is 1. The van der Waals surface area contributed by atoms with Crippen LogP contribution in [0.2, 0.25) is 0 Å². The van der Waals surface area contributed by atoms with E-state index in [-0.39, 0.29) is 29.0 Å². The maximum Gasteiger partial charge on any atom is 0.338 e. The maximum atomic E-state index is 11.8. The van der Waals surface area contributed by atoms with E-state index < -0.39 is 10.9 Å². The summed E-state index contributed by atoms with van der Waals surface area (Å²) in [6.07, 6.45) is 0. The molecule has 0 aliphatic carbocycles. The van der Waals surface area contributed by atoms with Crippen molar-refractivity contribution in [2.75, 3.05) is 13.7 Å². The number of hydrogen-bond acceptors (Lipinski definition) is 5. The first-order valence-electron chi connectivity index (χ1n) is 5.74. The van der Waals surface area contributed by atoms with Crippen molar-refractivity contribution in [3.8, 4) is 5.75 Å². The van der Waals surface area contributed by atoms with Gasteiger partial charge in [-0.1, -0.05) is 20.8 Å². The lowest BCUT2D eigenvalue weighted by Crippen LogP contribution is -2.18. The highest BCUT2D eigenvalue weighted by molar-refractivity contribution is 5.90. The lowest BCUT2D eigenvalue weighted by Gasteiger charge is -2.17. The maximum absolute atomic E-state index is 11.8. The van der Waals surface area contributed by atoms with Crippen LogP contribution < -0.4 is 4.74 Å². The second kappa shape index (κ2) is 5.69. The van der Waals surface area contributed by atoms with Crippen molar-refractivity contribution in [3.63, 3.8) is 0 Å². The quantitative estimate of drug-likeness (QED) is 0.476. The van der Waals surface area contributed by atoms with E-state index in [1.54, 1.807) is 0 Å². The summed E-state index contributed by atoms with van der Waals surface area (Å²) in [5, 5.41) is 10.8. The van der Waals surface area contributed by atoms with Crippen molar-refractivity contribution in [1.82, 2.24) is 0 Å². The Balaban J connectivity index is 2.93. The van der Waals surface area contributed by atoms with Crippen LogP contribution in [0.3, 0.4) is 0 Å². The van der Waals surface area contributed by atoms with Gasteiger partial charge >= 0.3 is 11.7 Å². The molecule has 0 aromatic heterocycles. The molecule has 0 heterocycles. The fourth-order valence-electron chi connectivity index (χ4n) is 1.33. The first-order chi connectivity index (χ1) is 8.74. The third kappa shape index (κ3) is 4.24. The Morgan fingerprint density at radius 3 is 2.47 bits per heavy atom. The van der Waals surface area contributed by atoms with Crippen LogP contribution >= 0.6 is 0 Å². The topological polar surface area (TPSA) is 78.7 Å². The van der Waals surface area contributed by atoms with Gasteiger partial charge in [0, 0.05) is 6.07 Å². The summed E-state index contributed by atoms with van der Waals surface area (Å²) < 4.78 is 9.96. The molecule has 0 N–H and O–H groups in total. The van der Waals surface area contributed by atoms with Crippen molar-refractivity contribution in [1.29, 1.82) is 0 Å². The van der Waals surface area contributed by atoms with Gasteiger partial charge in [0.15, 0.2) is 5.75 Å². The standard InChI is InChI=1S/C13H17NO5/c1-13(2,3)8-19-12(15)9-5-6-11(18-4)10(7-9)14(16)17/h5-7H,8H2,1-4H3. The summed E-state index contributed by atoms with van der Waals surface area (Å²) in [6, 6.07) is 3.98. The molecule has 6 nitrogen and oxygen atoms in total. The predicted molar refractivity (Wildman–Crippen MR) is 69.4 cm³/mol. The first kappa shape index (κ1) is 14.9.